The summed E-state index contributed by atoms with van der Waals surface area (Å²) in [4.78, 5) is 64.8. The van der Waals surface area contributed by atoms with E-state index in [4.69, 9.17) is 18.9 Å². The molecule has 6 atom stereocenters. The minimum absolute atomic E-state index is 0.0269. The Hall–Kier alpha value is -4.69. The lowest BCUT2D eigenvalue weighted by Crippen LogP contribution is -2.58. The molecule has 1 aromatic carbocycles. The normalized spacial score (nSPS) is 30.3. The van der Waals surface area contributed by atoms with Crippen LogP contribution in [-0.4, -0.2) is 121 Å². The number of amides is 4. The molecule has 16 nitrogen and oxygen atoms in total. The molecule has 4 fully saturated rings. The van der Waals surface area contributed by atoms with Gasteiger partial charge in [-0.15, -0.1) is 0 Å². The number of sulfonamides is 1. The predicted octanol–water partition coefficient (Wildman–Crippen LogP) is 5.04. The van der Waals surface area contributed by atoms with Crippen LogP contribution in [-0.2, 0) is 40.1 Å². The lowest BCUT2D eigenvalue weighted by Gasteiger charge is -2.45. The standard InChI is InChI=1S/C44H57F3N6O10S/c1-40(2,3)63-39(57)49-30-12-10-8-6-7-9-11-26-22-43(26,38(56)51-64(58,59)41(4)15-16-41)50-36(54)32-24-42(25-53(32)37(30)55)23-31(52-17-19-61-20-18-52)33-28-21-27(60-5)13-14-29(28)48-35(34(33)62-42)44(45,46)47/h9,11,13-14,21,26,30-32H,6-8,10,12,15-20,22-25H2,1-5H3,(H,49,57)(H,50,54)(H,51,56)/b11-9-/t26-,30+,31+,32+,42-,43-/m1/s1. The van der Waals surface area contributed by atoms with Gasteiger partial charge < -0.3 is 34.5 Å². The number of methoxy groups -OCH3 is 1. The van der Waals surface area contributed by atoms with Gasteiger partial charge in [-0.1, -0.05) is 25.0 Å². The van der Waals surface area contributed by atoms with Gasteiger partial charge in [-0.25, -0.2) is 18.2 Å². The van der Waals surface area contributed by atoms with Crippen LogP contribution in [0.3, 0.4) is 0 Å². The Bertz CT molecular complexity index is 2350. The molecule has 20 heteroatoms. The molecule has 0 radical (unpaired) electrons. The molecule has 6 aliphatic rings. The first-order chi connectivity index (χ1) is 30.1. The molecule has 0 unspecified atom stereocenters. The van der Waals surface area contributed by atoms with Gasteiger partial charge in [-0.2, -0.15) is 13.2 Å². The van der Waals surface area contributed by atoms with E-state index in [9.17, 15) is 22.8 Å². The first-order valence-corrected chi connectivity index (χ1v) is 23.5. The average molecular weight is 919 g/mol. The van der Waals surface area contributed by atoms with Crippen LogP contribution in [0.1, 0.15) is 109 Å². The molecule has 3 N–H and O–H groups in total. The van der Waals surface area contributed by atoms with Crippen LogP contribution in [0.5, 0.6) is 11.5 Å². The van der Waals surface area contributed by atoms with Gasteiger partial charge in [0, 0.05) is 48.8 Å². The lowest BCUT2D eigenvalue weighted by molar-refractivity contribution is -0.145. The van der Waals surface area contributed by atoms with Crippen molar-refractivity contribution < 1.29 is 59.7 Å². The van der Waals surface area contributed by atoms with Crippen LogP contribution in [0.4, 0.5) is 18.0 Å². The van der Waals surface area contributed by atoms with Crippen molar-refractivity contribution in [2.45, 2.75) is 138 Å². The van der Waals surface area contributed by atoms with Gasteiger partial charge in [0.25, 0.3) is 5.91 Å². The number of nitrogens with one attached hydrogen (secondary N) is 3. The van der Waals surface area contributed by atoms with Crippen molar-refractivity contribution in [3.8, 4) is 11.5 Å². The molecule has 2 saturated carbocycles. The number of aromatic nitrogens is 1. The smallest absolute Gasteiger partial charge is 0.437 e. The van der Waals surface area contributed by atoms with Crippen molar-refractivity contribution >= 4 is 44.7 Å². The summed E-state index contributed by atoms with van der Waals surface area (Å²) < 4.78 is 96.9. The zero-order chi connectivity index (χ0) is 46.0. The number of hydrogen-bond acceptors (Lipinski definition) is 12. The van der Waals surface area contributed by atoms with Crippen molar-refractivity contribution in [1.82, 2.24) is 30.1 Å². The number of alkyl carbamates (subject to hydrolysis) is 1. The fourth-order valence-corrected chi connectivity index (χ4v) is 10.9. The molecular formula is C44H57F3N6O10S. The molecule has 64 heavy (non-hydrogen) atoms. The maximum Gasteiger partial charge on any atom is 0.437 e. The maximum absolute atomic E-state index is 15.3. The van der Waals surface area contributed by atoms with E-state index in [1.54, 1.807) is 32.9 Å². The van der Waals surface area contributed by atoms with E-state index in [0.717, 1.165) is 0 Å². The topological polar surface area (TPSA) is 195 Å². The van der Waals surface area contributed by atoms with Gasteiger partial charge in [-0.3, -0.25) is 24.0 Å². The van der Waals surface area contributed by atoms with Gasteiger partial charge in [0.2, 0.25) is 21.8 Å². The molecule has 8 rings (SSSR count). The summed E-state index contributed by atoms with van der Waals surface area (Å²) in [5, 5.41) is 5.92. The second-order valence-electron chi connectivity index (χ2n) is 19.3. The van der Waals surface area contributed by atoms with Crippen molar-refractivity contribution in [3.05, 3.63) is 41.6 Å². The minimum Gasteiger partial charge on any atom is -0.497 e. The van der Waals surface area contributed by atoms with Crippen molar-refractivity contribution in [3.63, 3.8) is 0 Å². The third-order valence-electron chi connectivity index (χ3n) is 13.5. The number of rotatable bonds is 6. The number of morpholine rings is 1. The first-order valence-electron chi connectivity index (χ1n) is 22.0. The molecule has 1 spiro atoms. The number of nitrogens with zero attached hydrogens (tertiary/aromatic N) is 3. The Morgan fingerprint density at radius 1 is 1.02 bits per heavy atom. The highest BCUT2D eigenvalue weighted by molar-refractivity contribution is 7.91. The van der Waals surface area contributed by atoms with Gasteiger partial charge in [0.15, 0.2) is 11.4 Å². The lowest BCUT2D eigenvalue weighted by atomic mass is 9.82. The fraction of sp³-hybridized carbons (Fsp3) is 0.659. The molecular weight excluding hydrogens is 862 g/mol. The molecule has 0 bridgehead atoms. The van der Waals surface area contributed by atoms with Crippen LogP contribution >= 0.6 is 0 Å². The number of halogens is 3. The highest BCUT2D eigenvalue weighted by Crippen LogP contribution is 2.54. The van der Waals surface area contributed by atoms with Gasteiger partial charge in [0.1, 0.15) is 34.6 Å². The Morgan fingerprint density at radius 3 is 2.41 bits per heavy atom. The predicted molar refractivity (Wildman–Crippen MR) is 226 cm³/mol. The molecule has 4 aliphatic heterocycles. The molecule has 1 aromatic heterocycles. The van der Waals surface area contributed by atoms with E-state index in [1.807, 2.05) is 11.0 Å². The molecule has 4 amide bonds. The second kappa shape index (κ2) is 16.6. The summed E-state index contributed by atoms with van der Waals surface area (Å²) in [6, 6.07) is 1.20. The SMILES string of the molecule is COc1ccc2nc(C(F)(F)F)c3c(c2c1)[C@@H](N1CCOCC1)C[C@]1(C[C@H]2C(=O)N[C@]4(C(=O)NS(=O)(=O)C5(C)CC5)C[C@H]4/C=C\CCCCC[C@H](NC(=O)OC(C)(C)C)C(=O)N2C1)O3. The summed E-state index contributed by atoms with van der Waals surface area (Å²) >= 11 is 0. The Kier molecular flexibility index (Phi) is 11.9. The zero-order valence-corrected chi connectivity index (χ0v) is 37.6. The number of allylic oxidation sites excluding steroid dienone is 1. The number of benzene rings is 1. The fourth-order valence-electron chi connectivity index (χ4n) is 9.57. The van der Waals surface area contributed by atoms with Gasteiger partial charge in [0.05, 0.1) is 37.1 Å². The summed E-state index contributed by atoms with van der Waals surface area (Å²) in [6.07, 6.45) is 0.902. The highest BCUT2D eigenvalue weighted by atomic mass is 32.2. The number of alkyl halides is 3. The van der Waals surface area contributed by atoms with E-state index in [-0.39, 0.29) is 43.3 Å². The Labute approximate surface area is 370 Å². The molecule has 5 heterocycles. The zero-order valence-electron chi connectivity index (χ0n) is 36.8. The van der Waals surface area contributed by atoms with E-state index in [0.29, 0.717) is 76.0 Å². The number of ether oxygens (including phenoxy) is 4. The van der Waals surface area contributed by atoms with Crippen LogP contribution < -0.4 is 24.8 Å². The number of fused-ring (bicyclic) bond motifs is 5. The number of pyridine rings is 1. The van der Waals surface area contributed by atoms with E-state index in [1.165, 1.54) is 31.1 Å². The highest BCUT2D eigenvalue weighted by Gasteiger charge is 2.64. The molecule has 2 aliphatic carbocycles. The molecule has 2 aromatic rings. The maximum atomic E-state index is 15.3. The molecule has 350 valence electrons. The van der Waals surface area contributed by atoms with Crippen LogP contribution in [0.15, 0.2) is 30.4 Å². The third-order valence-corrected chi connectivity index (χ3v) is 15.6. The molecule has 2 saturated heterocycles. The summed E-state index contributed by atoms with van der Waals surface area (Å²) in [7, 11) is -2.68. The summed E-state index contributed by atoms with van der Waals surface area (Å²) in [5.74, 6) is -3.16. The number of carbonyl (C=O) groups is 4. The van der Waals surface area contributed by atoms with Gasteiger partial charge >= 0.3 is 12.3 Å². The van der Waals surface area contributed by atoms with E-state index < -0.39 is 97.0 Å². The largest absolute Gasteiger partial charge is 0.497 e. The van der Waals surface area contributed by atoms with Crippen molar-refractivity contribution in [2.24, 2.45) is 5.92 Å². The summed E-state index contributed by atoms with van der Waals surface area (Å²) in [6.45, 7) is 7.50. The van der Waals surface area contributed by atoms with Gasteiger partial charge in [-0.05, 0) is 84.4 Å². The number of carbonyl (C=O) groups excluding carboxylic acids is 4. The van der Waals surface area contributed by atoms with Crippen LogP contribution in [0, 0.1) is 5.92 Å². The number of hydrogen-bond donors (Lipinski definition) is 3. The van der Waals surface area contributed by atoms with Crippen LogP contribution in [0.2, 0.25) is 0 Å². The summed E-state index contributed by atoms with van der Waals surface area (Å²) in [5.41, 5.74) is -5.21. The first kappa shape index (κ1) is 45.9. The minimum atomic E-state index is -4.99. The quantitative estimate of drug-likeness (QED) is 0.327. The van der Waals surface area contributed by atoms with E-state index in [2.05, 4.69) is 20.3 Å². The second-order valence-corrected chi connectivity index (χ2v) is 21.5. The Morgan fingerprint density at radius 2 is 1.73 bits per heavy atom. The third kappa shape index (κ3) is 8.97. The Balaban J connectivity index is 1.23. The van der Waals surface area contributed by atoms with Crippen molar-refractivity contribution in [2.75, 3.05) is 40.0 Å². The van der Waals surface area contributed by atoms with Crippen molar-refractivity contribution in [1.29, 1.82) is 0 Å². The average Bonchev–Trinajstić information content (AvgIpc) is 4.12. The van der Waals surface area contributed by atoms with E-state index >= 15 is 18.0 Å². The van der Waals surface area contributed by atoms with Crippen LogP contribution in [0.25, 0.3) is 10.9 Å². The monoisotopic (exact) mass is 918 g/mol.